The molecule has 24 heavy (non-hydrogen) atoms. The summed E-state index contributed by atoms with van der Waals surface area (Å²) < 4.78 is -0.618. The largest absolute Gasteiger partial charge is 0.480 e. The summed E-state index contributed by atoms with van der Waals surface area (Å²) in [6.07, 6.45) is 0. The highest BCUT2D eigenvalue weighted by atomic mass is 32.2. The molecule has 0 aromatic heterocycles. The van der Waals surface area contributed by atoms with Crippen LogP contribution in [0.4, 0.5) is 0 Å². The first kappa shape index (κ1) is 16.8. The number of hydrogen-bond donors (Lipinski definition) is 3. The zero-order valence-electron chi connectivity index (χ0n) is 13.3. The Kier molecular flexibility index (Phi) is 4.05. The predicted octanol–water partition coefficient (Wildman–Crippen LogP) is 0.564. The van der Waals surface area contributed by atoms with Gasteiger partial charge < -0.3 is 21.1 Å². The molecule has 2 aliphatic rings. The summed E-state index contributed by atoms with van der Waals surface area (Å²) in [5.74, 6) is -1.86. The standard InChI is InChI=1S/C16H19N3O4S.H2/c1-16(2)11(15(22)23)19-13(21)10(14(19)24-16)18-12(20)9(17)8-6-4-3-5-7-8;/h3-7,9-11,14H,17H2,1-2H3,(H,18,20)(H,22,23);1H/t9-,10?,11?,14?;/m0./s1. The van der Waals surface area contributed by atoms with Crippen molar-refractivity contribution in [2.75, 3.05) is 0 Å². The van der Waals surface area contributed by atoms with E-state index >= 15 is 0 Å². The van der Waals surface area contributed by atoms with Crippen molar-refractivity contribution < 1.29 is 20.9 Å². The van der Waals surface area contributed by atoms with Gasteiger partial charge in [0.25, 0.3) is 0 Å². The molecular weight excluding hydrogens is 330 g/mol. The molecule has 1 aromatic carbocycles. The quantitative estimate of drug-likeness (QED) is 0.684. The van der Waals surface area contributed by atoms with Gasteiger partial charge in [-0.25, -0.2) is 4.79 Å². The number of nitrogens with one attached hydrogen (secondary N) is 1. The number of carboxylic acid groups (broad SMARTS) is 1. The fourth-order valence-electron chi connectivity index (χ4n) is 3.20. The third kappa shape index (κ3) is 2.55. The number of aliphatic carboxylic acids is 1. The molecule has 0 saturated carbocycles. The van der Waals surface area contributed by atoms with Crippen LogP contribution < -0.4 is 11.1 Å². The Hall–Kier alpha value is -2.06. The molecule has 3 unspecified atom stereocenters. The van der Waals surface area contributed by atoms with E-state index in [-0.39, 0.29) is 12.7 Å². The molecule has 3 rings (SSSR count). The molecule has 0 bridgehead atoms. The van der Waals surface area contributed by atoms with E-state index in [9.17, 15) is 19.5 Å². The molecule has 0 aliphatic carbocycles. The van der Waals surface area contributed by atoms with Crippen molar-refractivity contribution in [3.63, 3.8) is 0 Å². The minimum atomic E-state index is -1.03. The Labute approximate surface area is 145 Å². The molecule has 130 valence electrons. The number of rotatable bonds is 4. The van der Waals surface area contributed by atoms with Crippen LogP contribution in [0, 0.1) is 0 Å². The Morgan fingerprint density at radius 2 is 2.00 bits per heavy atom. The molecule has 0 spiro atoms. The number of hydrogen-bond acceptors (Lipinski definition) is 5. The lowest BCUT2D eigenvalue weighted by atomic mass is 9.95. The Bertz CT molecular complexity index is 700. The molecule has 2 heterocycles. The van der Waals surface area contributed by atoms with Crippen LogP contribution in [0.2, 0.25) is 0 Å². The summed E-state index contributed by atoms with van der Waals surface area (Å²) in [5.41, 5.74) is 6.59. The lowest BCUT2D eigenvalue weighted by molar-refractivity contribution is -0.161. The van der Waals surface area contributed by atoms with Gasteiger partial charge in [-0.1, -0.05) is 30.3 Å². The average molecular weight is 351 g/mol. The number of amides is 2. The van der Waals surface area contributed by atoms with Gasteiger partial charge in [0, 0.05) is 6.17 Å². The predicted molar refractivity (Wildman–Crippen MR) is 91.1 cm³/mol. The van der Waals surface area contributed by atoms with Crippen LogP contribution in [0.25, 0.3) is 0 Å². The van der Waals surface area contributed by atoms with E-state index in [0.29, 0.717) is 5.56 Å². The topological polar surface area (TPSA) is 113 Å². The second kappa shape index (κ2) is 5.78. The third-order valence-corrected chi connectivity index (χ3v) is 5.99. The lowest BCUT2D eigenvalue weighted by Crippen LogP contribution is -2.71. The van der Waals surface area contributed by atoms with E-state index in [1.165, 1.54) is 16.7 Å². The fraction of sp³-hybridized carbons (Fsp3) is 0.438. The molecular formula is C16H21N3O4S. The molecule has 2 aliphatic heterocycles. The highest BCUT2D eigenvalue weighted by molar-refractivity contribution is 8.01. The van der Waals surface area contributed by atoms with Gasteiger partial charge in [0.05, 0.1) is 0 Å². The normalized spacial score (nSPS) is 28.7. The van der Waals surface area contributed by atoms with Crippen molar-refractivity contribution in [2.24, 2.45) is 5.73 Å². The van der Waals surface area contributed by atoms with E-state index in [2.05, 4.69) is 5.32 Å². The van der Waals surface area contributed by atoms with Gasteiger partial charge in [0.1, 0.15) is 23.5 Å². The zero-order valence-corrected chi connectivity index (χ0v) is 14.1. The van der Waals surface area contributed by atoms with Crippen LogP contribution >= 0.6 is 11.8 Å². The van der Waals surface area contributed by atoms with E-state index in [1.807, 2.05) is 6.07 Å². The van der Waals surface area contributed by atoms with E-state index in [1.54, 1.807) is 38.1 Å². The van der Waals surface area contributed by atoms with Crippen LogP contribution in [0.5, 0.6) is 0 Å². The van der Waals surface area contributed by atoms with Crippen LogP contribution in [0.3, 0.4) is 0 Å². The maximum atomic E-state index is 12.3. The van der Waals surface area contributed by atoms with Crippen LogP contribution in [-0.4, -0.2) is 50.0 Å². The SMILES string of the molecule is CC1(C)SC2C(NC(=O)[C@@H](N)c3ccccc3)C(=O)N2C1C(=O)O.[HH]. The summed E-state index contributed by atoms with van der Waals surface area (Å²) in [6.45, 7) is 3.58. The molecule has 2 fully saturated rings. The van der Waals surface area contributed by atoms with Gasteiger partial charge in [0.2, 0.25) is 11.8 Å². The highest BCUT2D eigenvalue weighted by Crippen LogP contribution is 2.50. The highest BCUT2D eigenvalue weighted by Gasteiger charge is 2.64. The number of nitrogens with two attached hydrogens (primary N) is 1. The average Bonchev–Trinajstić information content (AvgIpc) is 2.80. The van der Waals surface area contributed by atoms with E-state index in [0.717, 1.165) is 0 Å². The van der Waals surface area contributed by atoms with Gasteiger partial charge in [0.15, 0.2) is 0 Å². The van der Waals surface area contributed by atoms with Gasteiger partial charge in [-0.3, -0.25) is 9.59 Å². The van der Waals surface area contributed by atoms with Crippen molar-refractivity contribution in [1.29, 1.82) is 0 Å². The van der Waals surface area contributed by atoms with E-state index in [4.69, 9.17) is 5.73 Å². The van der Waals surface area contributed by atoms with Crippen molar-refractivity contribution in [3.05, 3.63) is 35.9 Å². The summed E-state index contributed by atoms with van der Waals surface area (Å²) >= 11 is 1.38. The van der Waals surface area contributed by atoms with Gasteiger partial charge in [-0.05, 0) is 19.4 Å². The second-order valence-corrected chi connectivity index (χ2v) is 8.24. The number of β-lactam (4-membered cyclic amide) rings is 1. The maximum absolute atomic E-state index is 12.3. The monoisotopic (exact) mass is 351 g/mol. The number of carbonyl (C=O) groups excluding carboxylic acids is 2. The number of nitrogens with zero attached hydrogens (tertiary/aromatic N) is 1. The molecule has 7 nitrogen and oxygen atoms in total. The number of carbonyl (C=O) groups is 3. The van der Waals surface area contributed by atoms with Crippen LogP contribution in [-0.2, 0) is 14.4 Å². The third-order valence-electron chi connectivity index (χ3n) is 4.41. The lowest BCUT2D eigenvalue weighted by Gasteiger charge is -2.43. The van der Waals surface area contributed by atoms with Crippen LogP contribution in [0.15, 0.2) is 30.3 Å². The summed E-state index contributed by atoms with van der Waals surface area (Å²) in [7, 11) is 0. The first-order valence-corrected chi connectivity index (χ1v) is 8.45. The Morgan fingerprint density at radius 3 is 2.58 bits per heavy atom. The minimum Gasteiger partial charge on any atom is -0.480 e. The minimum absolute atomic E-state index is 0. The van der Waals surface area contributed by atoms with Crippen LogP contribution in [0.1, 0.15) is 26.9 Å². The van der Waals surface area contributed by atoms with Gasteiger partial charge in [-0.15, -0.1) is 11.8 Å². The molecule has 8 heteroatoms. The number of fused-ring (bicyclic) bond motifs is 1. The number of benzene rings is 1. The van der Waals surface area contributed by atoms with Gasteiger partial charge >= 0.3 is 5.97 Å². The molecule has 2 amide bonds. The molecule has 0 radical (unpaired) electrons. The maximum Gasteiger partial charge on any atom is 0.327 e. The first-order chi connectivity index (χ1) is 11.2. The summed E-state index contributed by atoms with van der Waals surface area (Å²) in [4.78, 5) is 37.5. The fourth-order valence-corrected chi connectivity index (χ4v) is 4.83. The number of thioether (sulfide) groups is 1. The Balaban J connectivity index is 0.00000225. The molecule has 4 N–H and O–H groups in total. The van der Waals surface area contributed by atoms with Crippen molar-refractivity contribution in [2.45, 2.75) is 42.1 Å². The second-order valence-electron chi connectivity index (χ2n) is 6.47. The molecule has 4 atom stereocenters. The summed E-state index contributed by atoms with van der Waals surface area (Å²) in [5, 5.41) is 11.7. The van der Waals surface area contributed by atoms with E-state index < -0.39 is 34.7 Å². The van der Waals surface area contributed by atoms with Crippen molar-refractivity contribution in [1.82, 2.24) is 10.2 Å². The van der Waals surface area contributed by atoms with Crippen molar-refractivity contribution >= 4 is 29.5 Å². The Morgan fingerprint density at radius 1 is 1.38 bits per heavy atom. The summed E-state index contributed by atoms with van der Waals surface area (Å²) in [6, 6.07) is 6.38. The van der Waals surface area contributed by atoms with Gasteiger partial charge in [-0.2, -0.15) is 0 Å². The molecule has 2 saturated heterocycles. The van der Waals surface area contributed by atoms with Crippen molar-refractivity contribution in [3.8, 4) is 0 Å². The smallest absolute Gasteiger partial charge is 0.327 e. The molecule has 1 aromatic rings. The zero-order chi connectivity index (χ0) is 17.6. The first-order valence-electron chi connectivity index (χ1n) is 7.58. The number of carboxylic acids is 1.